The van der Waals surface area contributed by atoms with Gasteiger partial charge in [0.2, 0.25) is 5.91 Å². The average molecular weight is 243 g/mol. The van der Waals surface area contributed by atoms with Crippen molar-refractivity contribution in [2.24, 2.45) is 5.84 Å². The molecule has 0 heterocycles. The number of amides is 1. The molecule has 0 saturated heterocycles. The van der Waals surface area contributed by atoms with Gasteiger partial charge in [0.05, 0.1) is 18.0 Å². The highest BCUT2D eigenvalue weighted by Gasteiger charge is 2.16. The molecule has 1 aromatic rings. The van der Waals surface area contributed by atoms with Gasteiger partial charge >= 0.3 is 5.69 Å². The van der Waals surface area contributed by atoms with Gasteiger partial charge in [-0.25, -0.2) is 10.2 Å². The lowest BCUT2D eigenvalue weighted by molar-refractivity contribution is -0.385. The number of nitrogens with zero attached hydrogens (tertiary/aromatic N) is 1. The van der Waals surface area contributed by atoms with Crippen LogP contribution in [0, 0.1) is 15.9 Å². The number of benzene rings is 1. The second-order valence-corrected chi connectivity index (χ2v) is 3.04. The Hall–Kier alpha value is -2.22. The molecular formula is C9H10FN3O4. The Morgan fingerprint density at radius 3 is 2.88 bits per heavy atom. The molecular weight excluding hydrogens is 233 g/mol. The van der Waals surface area contributed by atoms with Crippen molar-refractivity contribution >= 4 is 11.6 Å². The molecule has 1 aromatic carbocycles. The minimum Gasteiger partial charge on any atom is -0.486 e. The van der Waals surface area contributed by atoms with Crippen molar-refractivity contribution in [3.63, 3.8) is 0 Å². The van der Waals surface area contributed by atoms with Gasteiger partial charge in [0.25, 0.3) is 0 Å². The molecule has 0 unspecified atom stereocenters. The highest BCUT2D eigenvalue weighted by Crippen LogP contribution is 2.27. The van der Waals surface area contributed by atoms with Gasteiger partial charge in [-0.2, -0.15) is 0 Å². The van der Waals surface area contributed by atoms with Crippen LogP contribution in [0.25, 0.3) is 0 Å². The molecule has 0 fully saturated rings. The van der Waals surface area contributed by atoms with Crippen molar-refractivity contribution in [1.82, 2.24) is 5.43 Å². The van der Waals surface area contributed by atoms with Gasteiger partial charge in [-0.3, -0.25) is 20.3 Å². The maximum absolute atomic E-state index is 12.9. The molecule has 0 aromatic heterocycles. The molecule has 8 heteroatoms. The van der Waals surface area contributed by atoms with Crippen molar-refractivity contribution in [2.75, 3.05) is 6.61 Å². The van der Waals surface area contributed by atoms with Crippen LogP contribution in [-0.4, -0.2) is 17.4 Å². The predicted molar refractivity (Wildman–Crippen MR) is 55.5 cm³/mol. The zero-order chi connectivity index (χ0) is 12.8. The van der Waals surface area contributed by atoms with E-state index in [4.69, 9.17) is 10.6 Å². The van der Waals surface area contributed by atoms with E-state index in [9.17, 15) is 19.3 Å². The summed E-state index contributed by atoms with van der Waals surface area (Å²) in [6.07, 6.45) is -0.0792. The molecule has 0 spiro atoms. The molecule has 0 radical (unpaired) electrons. The van der Waals surface area contributed by atoms with Gasteiger partial charge in [0, 0.05) is 12.1 Å². The van der Waals surface area contributed by atoms with E-state index in [1.54, 1.807) is 0 Å². The molecule has 0 aliphatic rings. The smallest absolute Gasteiger partial charge is 0.311 e. The molecule has 0 atom stereocenters. The number of carbonyl (C=O) groups is 1. The van der Waals surface area contributed by atoms with Crippen LogP contribution < -0.4 is 16.0 Å². The Labute approximate surface area is 95.5 Å². The number of hydrazine groups is 1. The summed E-state index contributed by atoms with van der Waals surface area (Å²) in [5.74, 6) is 3.47. The zero-order valence-corrected chi connectivity index (χ0v) is 8.68. The molecule has 7 nitrogen and oxygen atoms in total. The van der Waals surface area contributed by atoms with Crippen LogP contribution in [-0.2, 0) is 4.79 Å². The summed E-state index contributed by atoms with van der Waals surface area (Å²) in [5, 5.41) is 10.6. The maximum atomic E-state index is 12.9. The standard InChI is InChI=1S/C9H10FN3O4/c10-6-1-2-7(13(15)16)8(5-6)17-4-3-9(14)12-11/h1-2,5H,3-4,11H2,(H,12,14). The summed E-state index contributed by atoms with van der Waals surface area (Å²) in [4.78, 5) is 20.7. The summed E-state index contributed by atoms with van der Waals surface area (Å²) in [6.45, 7) is -0.132. The summed E-state index contributed by atoms with van der Waals surface area (Å²) in [5.41, 5.74) is 1.51. The first-order valence-corrected chi connectivity index (χ1v) is 4.60. The van der Waals surface area contributed by atoms with E-state index in [2.05, 4.69) is 0 Å². The van der Waals surface area contributed by atoms with Crippen LogP contribution in [0.2, 0.25) is 0 Å². The Morgan fingerprint density at radius 1 is 1.59 bits per heavy atom. The largest absolute Gasteiger partial charge is 0.486 e. The fourth-order valence-electron chi connectivity index (χ4n) is 1.08. The normalized spacial score (nSPS) is 9.76. The molecule has 0 aliphatic carbocycles. The molecule has 1 amide bonds. The quantitative estimate of drug-likeness (QED) is 0.338. The molecule has 1 rings (SSSR count). The van der Waals surface area contributed by atoms with Crippen molar-refractivity contribution in [1.29, 1.82) is 0 Å². The first kappa shape index (κ1) is 12.8. The van der Waals surface area contributed by atoms with E-state index in [1.807, 2.05) is 5.43 Å². The third-order valence-corrected chi connectivity index (χ3v) is 1.87. The minimum atomic E-state index is -0.697. The predicted octanol–water partition coefficient (Wildman–Crippen LogP) is 0.493. The zero-order valence-electron chi connectivity index (χ0n) is 8.68. The molecule has 0 aliphatic heterocycles. The molecule has 17 heavy (non-hydrogen) atoms. The van der Waals surface area contributed by atoms with Gasteiger partial charge in [0.15, 0.2) is 5.75 Å². The van der Waals surface area contributed by atoms with Gasteiger partial charge < -0.3 is 4.74 Å². The van der Waals surface area contributed by atoms with E-state index >= 15 is 0 Å². The number of nitrogens with one attached hydrogen (secondary N) is 1. The Bertz CT molecular complexity index is 438. The van der Waals surface area contributed by atoms with Crippen LogP contribution in [0.5, 0.6) is 5.75 Å². The van der Waals surface area contributed by atoms with Crippen molar-refractivity contribution in [3.8, 4) is 5.75 Å². The SMILES string of the molecule is NNC(=O)CCOc1cc(F)ccc1[N+](=O)[O-]. The molecule has 0 saturated carbocycles. The Morgan fingerprint density at radius 2 is 2.29 bits per heavy atom. The van der Waals surface area contributed by atoms with Crippen molar-refractivity contribution in [3.05, 3.63) is 34.1 Å². The first-order valence-electron chi connectivity index (χ1n) is 4.60. The van der Waals surface area contributed by atoms with Gasteiger partial charge in [-0.1, -0.05) is 0 Å². The molecule has 3 N–H and O–H groups in total. The minimum absolute atomic E-state index is 0.0792. The number of nitrogens with two attached hydrogens (primary N) is 1. The van der Waals surface area contributed by atoms with Crippen LogP contribution in [0.3, 0.4) is 0 Å². The van der Waals surface area contributed by atoms with Gasteiger partial charge in [-0.05, 0) is 6.07 Å². The van der Waals surface area contributed by atoms with Crippen molar-refractivity contribution in [2.45, 2.75) is 6.42 Å². The number of hydrogen-bond donors (Lipinski definition) is 2. The molecule has 0 bridgehead atoms. The number of rotatable bonds is 5. The average Bonchev–Trinajstić information content (AvgIpc) is 2.28. The lowest BCUT2D eigenvalue weighted by Crippen LogP contribution is -2.31. The van der Waals surface area contributed by atoms with Gasteiger partial charge in [-0.15, -0.1) is 0 Å². The molecule has 92 valence electrons. The van der Waals surface area contributed by atoms with E-state index in [-0.39, 0.29) is 24.5 Å². The second-order valence-electron chi connectivity index (χ2n) is 3.04. The number of carbonyl (C=O) groups excluding carboxylic acids is 1. The fourth-order valence-corrected chi connectivity index (χ4v) is 1.08. The Kier molecular flexibility index (Phi) is 4.35. The van der Waals surface area contributed by atoms with Crippen LogP contribution in [0.4, 0.5) is 10.1 Å². The van der Waals surface area contributed by atoms with E-state index < -0.39 is 16.6 Å². The maximum Gasteiger partial charge on any atom is 0.311 e. The number of nitro benzene ring substituents is 1. The van der Waals surface area contributed by atoms with Gasteiger partial charge in [0.1, 0.15) is 5.82 Å². The van der Waals surface area contributed by atoms with E-state index in [1.165, 1.54) is 0 Å². The fraction of sp³-hybridized carbons (Fsp3) is 0.222. The summed E-state index contributed by atoms with van der Waals surface area (Å²) >= 11 is 0. The highest BCUT2D eigenvalue weighted by atomic mass is 19.1. The summed E-state index contributed by atoms with van der Waals surface area (Å²) in [7, 11) is 0. The summed E-state index contributed by atoms with van der Waals surface area (Å²) < 4.78 is 17.8. The first-order chi connectivity index (χ1) is 8.04. The summed E-state index contributed by atoms with van der Waals surface area (Å²) in [6, 6.07) is 2.84. The van der Waals surface area contributed by atoms with Crippen molar-refractivity contribution < 1.29 is 18.8 Å². The monoisotopic (exact) mass is 243 g/mol. The van der Waals surface area contributed by atoms with E-state index in [0.717, 1.165) is 18.2 Å². The number of nitro groups is 1. The number of halogens is 1. The lowest BCUT2D eigenvalue weighted by Gasteiger charge is -2.06. The number of ether oxygens (including phenoxy) is 1. The third-order valence-electron chi connectivity index (χ3n) is 1.87. The highest BCUT2D eigenvalue weighted by molar-refractivity contribution is 5.75. The van der Waals surface area contributed by atoms with Crippen LogP contribution in [0.1, 0.15) is 6.42 Å². The number of hydrogen-bond acceptors (Lipinski definition) is 5. The van der Waals surface area contributed by atoms with Crippen LogP contribution in [0.15, 0.2) is 18.2 Å². The second kappa shape index (κ2) is 5.75. The van der Waals surface area contributed by atoms with E-state index in [0.29, 0.717) is 0 Å². The third kappa shape index (κ3) is 3.68. The van der Waals surface area contributed by atoms with Crippen LogP contribution >= 0.6 is 0 Å². The topological polar surface area (TPSA) is 107 Å². The Balaban J connectivity index is 2.72. The lowest BCUT2D eigenvalue weighted by atomic mass is 10.3.